The average Bonchev–Trinajstić information content (AvgIpc) is 2.88. The molecule has 0 aliphatic heterocycles. The second-order valence-electron chi connectivity index (χ2n) is 5.02. The summed E-state index contributed by atoms with van der Waals surface area (Å²) < 4.78 is 4.39. The van der Waals surface area contributed by atoms with E-state index >= 15 is 0 Å². The summed E-state index contributed by atoms with van der Waals surface area (Å²) in [5.74, 6) is 0. The molecule has 7 heteroatoms. The summed E-state index contributed by atoms with van der Waals surface area (Å²) in [6.07, 6.45) is 1.65. The minimum absolute atomic E-state index is 0.282. The van der Waals surface area contributed by atoms with Crippen LogP contribution in [0.15, 0.2) is 15.9 Å². The minimum Gasteiger partial charge on any atom is -0.334 e. The Hall–Kier alpha value is -1.89. The molecular formula is C13H22N5O2+. The van der Waals surface area contributed by atoms with Crippen molar-refractivity contribution in [3.63, 3.8) is 0 Å². The molecule has 0 saturated carbocycles. The number of rotatable bonds is 5. The summed E-state index contributed by atoms with van der Waals surface area (Å²) >= 11 is 0. The van der Waals surface area contributed by atoms with Gasteiger partial charge in [0.1, 0.15) is 0 Å². The lowest BCUT2D eigenvalue weighted by Crippen LogP contribution is -3.11. The third kappa shape index (κ3) is 2.29. The second kappa shape index (κ2) is 5.62. The second-order valence-corrected chi connectivity index (χ2v) is 5.02. The Kier molecular flexibility index (Phi) is 4.08. The molecule has 2 heterocycles. The van der Waals surface area contributed by atoms with Crippen molar-refractivity contribution in [2.24, 2.45) is 14.1 Å². The number of aryl methyl sites for hydroxylation is 1. The number of aromatic nitrogens is 4. The van der Waals surface area contributed by atoms with Gasteiger partial charge in [-0.2, -0.15) is 0 Å². The quantitative estimate of drug-likeness (QED) is 0.714. The maximum Gasteiger partial charge on any atom is 0.332 e. The summed E-state index contributed by atoms with van der Waals surface area (Å²) in [5.41, 5.74) is 0.325. The third-order valence-electron chi connectivity index (χ3n) is 3.92. The van der Waals surface area contributed by atoms with Crippen LogP contribution in [-0.4, -0.2) is 38.3 Å². The topological polar surface area (TPSA) is 66.3 Å². The first-order valence-electron chi connectivity index (χ1n) is 6.95. The first kappa shape index (κ1) is 14.5. The van der Waals surface area contributed by atoms with E-state index in [4.69, 9.17) is 0 Å². The number of hydrogen-bond acceptors (Lipinski definition) is 3. The molecule has 0 spiro atoms. The first-order valence-corrected chi connectivity index (χ1v) is 6.95. The SMILES string of the molecule is CC[NH+](CC)CCn1cnc2c1c(=O)n(C)c(=O)n2C. The number of nitrogens with one attached hydrogen (secondary N) is 1. The number of nitrogens with zero attached hydrogens (tertiary/aromatic N) is 4. The summed E-state index contributed by atoms with van der Waals surface area (Å²) in [7, 11) is 3.13. The smallest absolute Gasteiger partial charge is 0.332 e. The zero-order valence-electron chi connectivity index (χ0n) is 12.5. The number of quaternary nitrogens is 1. The molecule has 7 nitrogen and oxygen atoms in total. The van der Waals surface area contributed by atoms with Crippen molar-refractivity contribution >= 4 is 11.2 Å². The highest BCUT2D eigenvalue weighted by molar-refractivity contribution is 5.69. The van der Waals surface area contributed by atoms with Crippen molar-refractivity contribution in [1.29, 1.82) is 0 Å². The summed E-state index contributed by atoms with van der Waals surface area (Å²) in [6, 6.07) is 0. The fraction of sp³-hybridized carbons (Fsp3) is 0.615. The Morgan fingerprint density at radius 1 is 1.15 bits per heavy atom. The van der Waals surface area contributed by atoms with E-state index in [-0.39, 0.29) is 11.2 Å². The molecule has 0 aliphatic carbocycles. The fourth-order valence-electron chi connectivity index (χ4n) is 2.45. The van der Waals surface area contributed by atoms with Crippen molar-refractivity contribution in [3.8, 4) is 0 Å². The molecular weight excluding hydrogens is 258 g/mol. The van der Waals surface area contributed by atoms with Gasteiger partial charge in [0.25, 0.3) is 5.56 Å². The lowest BCUT2D eigenvalue weighted by atomic mass is 10.4. The van der Waals surface area contributed by atoms with Gasteiger partial charge in [0.15, 0.2) is 11.2 Å². The molecule has 2 rings (SSSR count). The van der Waals surface area contributed by atoms with Gasteiger partial charge < -0.3 is 9.47 Å². The Balaban J connectivity index is 2.47. The fourth-order valence-corrected chi connectivity index (χ4v) is 2.45. The molecule has 0 unspecified atom stereocenters. The zero-order chi connectivity index (χ0) is 14.9. The number of hydrogen-bond donors (Lipinski definition) is 1. The van der Waals surface area contributed by atoms with Gasteiger partial charge in [-0.3, -0.25) is 13.9 Å². The van der Waals surface area contributed by atoms with Crippen molar-refractivity contribution in [3.05, 3.63) is 27.2 Å². The van der Waals surface area contributed by atoms with Crippen LogP contribution < -0.4 is 16.1 Å². The largest absolute Gasteiger partial charge is 0.334 e. The highest BCUT2D eigenvalue weighted by Crippen LogP contribution is 2.04. The summed E-state index contributed by atoms with van der Waals surface area (Å²) in [4.78, 5) is 29.8. The van der Waals surface area contributed by atoms with Crippen molar-refractivity contribution in [2.75, 3.05) is 19.6 Å². The van der Waals surface area contributed by atoms with Crippen molar-refractivity contribution < 1.29 is 4.90 Å². The van der Waals surface area contributed by atoms with Crippen LogP contribution in [0.3, 0.4) is 0 Å². The summed E-state index contributed by atoms with van der Waals surface area (Å²) in [6.45, 7) is 8.06. The number of fused-ring (bicyclic) bond motifs is 1. The Morgan fingerprint density at radius 3 is 2.40 bits per heavy atom. The van der Waals surface area contributed by atoms with Gasteiger partial charge in [0.05, 0.1) is 32.5 Å². The number of imidazole rings is 1. The molecule has 0 amide bonds. The molecule has 0 atom stereocenters. The van der Waals surface area contributed by atoms with Crippen LogP contribution in [0.5, 0.6) is 0 Å². The predicted molar refractivity (Wildman–Crippen MR) is 77.1 cm³/mol. The predicted octanol–water partition coefficient (Wildman–Crippen LogP) is -1.64. The molecule has 0 bridgehead atoms. The van der Waals surface area contributed by atoms with E-state index in [1.54, 1.807) is 13.4 Å². The van der Waals surface area contributed by atoms with E-state index in [9.17, 15) is 9.59 Å². The lowest BCUT2D eigenvalue weighted by Gasteiger charge is -2.15. The van der Waals surface area contributed by atoms with Gasteiger partial charge in [-0.05, 0) is 13.8 Å². The minimum atomic E-state index is -0.345. The Labute approximate surface area is 117 Å². The van der Waals surface area contributed by atoms with Gasteiger partial charge in [0, 0.05) is 14.1 Å². The monoisotopic (exact) mass is 280 g/mol. The number of likely N-dealkylation sites (N-methyl/N-ethyl adjacent to an activating group) is 1. The molecule has 1 N–H and O–H groups in total. The van der Waals surface area contributed by atoms with E-state index in [0.717, 1.165) is 30.7 Å². The van der Waals surface area contributed by atoms with Crippen LogP contribution in [-0.2, 0) is 20.6 Å². The van der Waals surface area contributed by atoms with Gasteiger partial charge >= 0.3 is 5.69 Å². The van der Waals surface area contributed by atoms with E-state index in [1.807, 2.05) is 4.57 Å². The first-order chi connectivity index (χ1) is 9.51. The molecule has 0 aliphatic rings. The van der Waals surface area contributed by atoms with Crippen molar-refractivity contribution in [1.82, 2.24) is 18.7 Å². The van der Waals surface area contributed by atoms with Gasteiger partial charge in [-0.1, -0.05) is 0 Å². The van der Waals surface area contributed by atoms with Crippen molar-refractivity contribution in [2.45, 2.75) is 20.4 Å². The van der Waals surface area contributed by atoms with Crippen LogP contribution in [0.25, 0.3) is 11.2 Å². The third-order valence-corrected chi connectivity index (χ3v) is 3.92. The molecule has 0 radical (unpaired) electrons. The molecule has 0 fully saturated rings. The van der Waals surface area contributed by atoms with Crippen LogP contribution in [0.1, 0.15) is 13.8 Å². The molecule has 110 valence electrons. The maximum absolute atomic E-state index is 12.2. The Morgan fingerprint density at radius 2 is 1.80 bits per heavy atom. The normalized spacial score (nSPS) is 11.7. The van der Waals surface area contributed by atoms with E-state index < -0.39 is 0 Å². The highest BCUT2D eigenvalue weighted by Gasteiger charge is 2.14. The zero-order valence-corrected chi connectivity index (χ0v) is 12.5. The summed E-state index contributed by atoms with van der Waals surface area (Å²) in [5, 5.41) is 0. The van der Waals surface area contributed by atoms with Crippen LogP contribution in [0.2, 0.25) is 0 Å². The van der Waals surface area contributed by atoms with E-state index in [2.05, 4.69) is 18.8 Å². The van der Waals surface area contributed by atoms with Crippen LogP contribution >= 0.6 is 0 Å². The highest BCUT2D eigenvalue weighted by atomic mass is 16.2. The average molecular weight is 280 g/mol. The van der Waals surface area contributed by atoms with E-state index in [0.29, 0.717) is 11.2 Å². The molecule has 2 aromatic rings. The Bertz CT molecular complexity index is 721. The molecule has 2 aromatic heterocycles. The van der Waals surface area contributed by atoms with Crippen LogP contribution in [0, 0.1) is 0 Å². The maximum atomic E-state index is 12.2. The lowest BCUT2D eigenvalue weighted by molar-refractivity contribution is -0.897. The molecule has 0 aromatic carbocycles. The van der Waals surface area contributed by atoms with E-state index in [1.165, 1.54) is 16.5 Å². The standard InChI is InChI=1S/C13H21N5O2/c1-5-17(6-2)7-8-18-9-14-11-10(18)12(19)16(4)13(20)15(11)3/h9H,5-8H2,1-4H3/p+1. The van der Waals surface area contributed by atoms with Gasteiger partial charge in [-0.25, -0.2) is 9.78 Å². The van der Waals surface area contributed by atoms with Crippen LogP contribution in [0.4, 0.5) is 0 Å². The van der Waals surface area contributed by atoms with Gasteiger partial charge in [-0.15, -0.1) is 0 Å². The van der Waals surface area contributed by atoms with Gasteiger partial charge in [0.2, 0.25) is 0 Å². The molecule has 20 heavy (non-hydrogen) atoms. The molecule has 0 saturated heterocycles.